The van der Waals surface area contributed by atoms with Crippen molar-refractivity contribution in [3.8, 4) is 0 Å². The van der Waals surface area contributed by atoms with Crippen molar-refractivity contribution < 1.29 is 58.9 Å². The molecular formula is C10H13F9O4. The molecule has 0 aliphatic heterocycles. The zero-order valence-corrected chi connectivity index (χ0v) is 11.8. The van der Waals surface area contributed by atoms with E-state index in [0.29, 0.717) is 0 Å². The highest BCUT2D eigenvalue weighted by Crippen LogP contribution is 2.36. The topological polar surface area (TPSA) is 55.8 Å². The van der Waals surface area contributed by atoms with Crippen LogP contribution in [-0.4, -0.2) is 48.1 Å². The van der Waals surface area contributed by atoms with Gasteiger partial charge in [0.2, 0.25) is 0 Å². The summed E-state index contributed by atoms with van der Waals surface area (Å²) in [4.78, 5) is 10.5. The number of aliphatic hydroxyl groups is 1. The molecule has 0 aliphatic rings. The number of hydrogen-bond donors (Lipinski definition) is 1. The summed E-state index contributed by atoms with van der Waals surface area (Å²) in [7, 11) is 0. The Balaban J connectivity index is 0. The minimum atomic E-state index is -6.03. The van der Waals surface area contributed by atoms with Crippen LogP contribution >= 0.6 is 0 Å². The first-order chi connectivity index (χ1) is 9.89. The second-order valence-electron chi connectivity index (χ2n) is 4.23. The van der Waals surface area contributed by atoms with Crippen LogP contribution in [0, 0.1) is 0 Å². The van der Waals surface area contributed by atoms with Crippen molar-refractivity contribution >= 4 is 6.16 Å². The van der Waals surface area contributed by atoms with E-state index in [0.717, 1.165) is 0 Å². The maximum atomic E-state index is 11.9. The Morgan fingerprint density at radius 2 is 1.09 bits per heavy atom. The van der Waals surface area contributed by atoms with Crippen molar-refractivity contribution in [2.45, 2.75) is 57.6 Å². The number of rotatable bonds is 2. The van der Waals surface area contributed by atoms with Crippen LogP contribution < -0.4 is 0 Å². The molecule has 1 unspecified atom stereocenters. The van der Waals surface area contributed by atoms with Gasteiger partial charge in [0.15, 0.2) is 6.10 Å². The van der Waals surface area contributed by atoms with Crippen molar-refractivity contribution in [2.24, 2.45) is 0 Å². The van der Waals surface area contributed by atoms with Crippen molar-refractivity contribution in [3.05, 3.63) is 0 Å². The molecule has 0 aromatic carbocycles. The van der Waals surface area contributed by atoms with E-state index in [1.807, 2.05) is 0 Å². The van der Waals surface area contributed by atoms with Gasteiger partial charge in [-0.25, -0.2) is 4.79 Å². The van der Waals surface area contributed by atoms with E-state index in [2.05, 4.69) is 9.47 Å². The van der Waals surface area contributed by atoms with E-state index in [-0.39, 0.29) is 13.0 Å². The fourth-order valence-electron chi connectivity index (χ4n) is 0.654. The Labute approximate surface area is 124 Å². The summed E-state index contributed by atoms with van der Waals surface area (Å²) in [6.45, 7) is 3.65. The molecule has 0 aliphatic carbocycles. The van der Waals surface area contributed by atoms with Gasteiger partial charge in [0, 0.05) is 6.10 Å². The molecule has 13 heteroatoms. The van der Waals surface area contributed by atoms with Crippen LogP contribution in [0.5, 0.6) is 0 Å². The Bertz CT molecular complexity index is 342. The van der Waals surface area contributed by atoms with Gasteiger partial charge in [-0.3, -0.25) is 0 Å². The maximum Gasteiger partial charge on any atom is 0.509 e. The van der Waals surface area contributed by atoms with E-state index in [1.54, 1.807) is 13.8 Å². The molecular weight excluding hydrogens is 355 g/mol. The average molecular weight is 368 g/mol. The van der Waals surface area contributed by atoms with Crippen molar-refractivity contribution in [2.75, 3.05) is 0 Å². The molecule has 0 aromatic heterocycles. The van der Waals surface area contributed by atoms with Crippen LogP contribution in [0.25, 0.3) is 0 Å². The number of halogens is 9. The van der Waals surface area contributed by atoms with Gasteiger partial charge >= 0.3 is 24.7 Å². The fraction of sp³-hybridized carbons (Fsp3) is 0.900. The average Bonchev–Trinajstić information content (AvgIpc) is 2.20. The highest BCUT2D eigenvalue weighted by molar-refractivity contribution is 5.60. The highest BCUT2D eigenvalue weighted by Gasteiger charge is 2.60. The van der Waals surface area contributed by atoms with Crippen LogP contribution in [0.4, 0.5) is 44.3 Å². The lowest BCUT2D eigenvalue weighted by Crippen LogP contribution is -2.46. The van der Waals surface area contributed by atoms with Gasteiger partial charge in [0.25, 0.3) is 6.10 Å². The highest BCUT2D eigenvalue weighted by atomic mass is 19.4. The zero-order chi connectivity index (χ0) is 19.2. The van der Waals surface area contributed by atoms with Gasteiger partial charge < -0.3 is 14.6 Å². The number of carbonyl (C=O) groups excluding carboxylic acids is 1. The smallest absolute Gasteiger partial charge is 0.422 e. The number of ether oxygens (including phenoxy) is 2. The van der Waals surface area contributed by atoms with E-state index in [1.165, 1.54) is 0 Å². The lowest BCUT2D eigenvalue weighted by Gasteiger charge is -2.23. The first-order valence-corrected chi connectivity index (χ1v) is 5.64. The third-order valence-electron chi connectivity index (χ3n) is 1.54. The van der Waals surface area contributed by atoms with E-state index < -0.39 is 36.9 Å². The van der Waals surface area contributed by atoms with Gasteiger partial charge in [-0.15, -0.1) is 0 Å². The Kier molecular flexibility index (Phi) is 8.77. The van der Waals surface area contributed by atoms with E-state index in [9.17, 15) is 44.3 Å². The minimum Gasteiger partial charge on any atom is -0.422 e. The molecule has 23 heavy (non-hydrogen) atoms. The predicted octanol–water partition coefficient (Wildman–Crippen LogP) is 3.97. The Morgan fingerprint density at radius 1 is 0.783 bits per heavy atom. The standard InChI is InChI=1S/C7H5F9O3.C3H8O/c1-2(5(8,9)10)18-4(17)19-3(6(11,12)13)7(14,15)16;1-3(2)4/h2-3H,1H3;3-4H,1-2H3. The summed E-state index contributed by atoms with van der Waals surface area (Å²) in [5.74, 6) is 0. The lowest BCUT2D eigenvalue weighted by molar-refractivity contribution is -0.313. The summed E-state index contributed by atoms with van der Waals surface area (Å²) in [6, 6.07) is 0. The fourth-order valence-corrected chi connectivity index (χ4v) is 0.654. The van der Waals surface area contributed by atoms with Crippen LogP contribution in [0.1, 0.15) is 20.8 Å². The molecule has 0 saturated carbocycles. The summed E-state index contributed by atoms with van der Waals surface area (Å²) in [5.41, 5.74) is 0. The molecule has 1 N–H and O–H groups in total. The number of alkyl halides is 9. The SMILES string of the molecule is CC(C)O.CC(OC(=O)OC(C(F)(F)F)C(F)(F)F)C(F)(F)F. The lowest BCUT2D eigenvalue weighted by atomic mass is 10.3. The third-order valence-corrected chi connectivity index (χ3v) is 1.54. The summed E-state index contributed by atoms with van der Waals surface area (Å²) in [5, 5.41) is 8.06. The van der Waals surface area contributed by atoms with Crippen LogP contribution in [0.2, 0.25) is 0 Å². The maximum absolute atomic E-state index is 11.9. The number of carbonyl (C=O) groups is 1. The summed E-state index contributed by atoms with van der Waals surface area (Å²) < 4.78 is 113. The molecule has 4 nitrogen and oxygen atoms in total. The van der Waals surface area contributed by atoms with Gasteiger partial charge in [-0.2, -0.15) is 39.5 Å². The molecule has 0 saturated heterocycles. The normalized spacial score (nSPS) is 14.2. The van der Waals surface area contributed by atoms with Gasteiger partial charge in [-0.05, 0) is 20.8 Å². The summed E-state index contributed by atoms with van der Waals surface area (Å²) in [6.07, 6.45) is -27.6. The third kappa shape index (κ3) is 11.8. The monoisotopic (exact) mass is 368 g/mol. The van der Waals surface area contributed by atoms with Crippen LogP contribution in [0.3, 0.4) is 0 Å². The molecule has 0 heterocycles. The minimum absolute atomic E-state index is 0.167. The second-order valence-corrected chi connectivity index (χ2v) is 4.23. The van der Waals surface area contributed by atoms with Gasteiger partial charge in [0.05, 0.1) is 0 Å². The molecule has 0 spiro atoms. The molecule has 0 rings (SSSR count). The quantitative estimate of drug-likeness (QED) is 0.592. The summed E-state index contributed by atoms with van der Waals surface area (Å²) >= 11 is 0. The predicted molar refractivity (Wildman–Crippen MR) is 56.3 cm³/mol. The molecule has 0 amide bonds. The first kappa shape index (κ1) is 23.9. The van der Waals surface area contributed by atoms with Crippen LogP contribution in [0.15, 0.2) is 0 Å². The molecule has 0 fully saturated rings. The molecule has 140 valence electrons. The number of hydrogen-bond acceptors (Lipinski definition) is 4. The van der Waals surface area contributed by atoms with Crippen LogP contribution in [-0.2, 0) is 9.47 Å². The largest absolute Gasteiger partial charge is 0.509 e. The van der Waals surface area contributed by atoms with Crippen molar-refractivity contribution in [1.29, 1.82) is 0 Å². The molecule has 1 atom stereocenters. The number of aliphatic hydroxyl groups excluding tert-OH is 1. The zero-order valence-electron chi connectivity index (χ0n) is 11.8. The Hall–Kier alpha value is -1.40. The first-order valence-electron chi connectivity index (χ1n) is 5.64. The molecule has 0 aromatic rings. The van der Waals surface area contributed by atoms with E-state index >= 15 is 0 Å². The Morgan fingerprint density at radius 3 is 1.30 bits per heavy atom. The molecule has 0 radical (unpaired) electrons. The van der Waals surface area contributed by atoms with Crippen molar-refractivity contribution in [3.63, 3.8) is 0 Å². The molecule has 0 bridgehead atoms. The van der Waals surface area contributed by atoms with Crippen molar-refractivity contribution in [1.82, 2.24) is 0 Å². The van der Waals surface area contributed by atoms with E-state index in [4.69, 9.17) is 5.11 Å². The second kappa shape index (κ2) is 8.45. The van der Waals surface area contributed by atoms with Gasteiger partial charge in [0.1, 0.15) is 0 Å². The van der Waals surface area contributed by atoms with Gasteiger partial charge in [-0.1, -0.05) is 0 Å².